The van der Waals surface area contributed by atoms with Crippen molar-refractivity contribution in [1.82, 2.24) is 4.98 Å². The Bertz CT molecular complexity index is 386. The summed E-state index contributed by atoms with van der Waals surface area (Å²) in [5.74, 6) is 0.528. The van der Waals surface area contributed by atoms with E-state index in [9.17, 15) is 10.1 Å². The molecule has 1 aromatic heterocycles. The van der Waals surface area contributed by atoms with Crippen LogP contribution in [0.5, 0.6) is 0 Å². The number of likely N-dealkylation sites (N-methyl/N-ethyl adjacent to an activating group) is 1. The number of hydrogen-bond donors (Lipinski definition) is 1. The summed E-state index contributed by atoms with van der Waals surface area (Å²) in [6.45, 7) is 3.72. The van der Waals surface area contributed by atoms with Crippen molar-refractivity contribution in [3.05, 3.63) is 27.4 Å². The Morgan fingerprint density at radius 2 is 2.38 bits per heavy atom. The first-order valence-electron chi connectivity index (χ1n) is 4.85. The van der Waals surface area contributed by atoms with Crippen LogP contribution in [0, 0.1) is 10.1 Å². The summed E-state index contributed by atoms with van der Waals surface area (Å²) in [5, 5.41) is 10.8. The normalized spacial score (nSPS) is 10.2. The van der Waals surface area contributed by atoms with Crippen molar-refractivity contribution in [1.29, 1.82) is 0 Å². The average Bonchev–Trinajstić information content (AvgIpc) is 2.26. The molecule has 0 aromatic carbocycles. The molecule has 0 bridgehead atoms. The summed E-state index contributed by atoms with van der Waals surface area (Å²) in [5.41, 5.74) is 5.34. The van der Waals surface area contributed by atoms with Crippen LogP contribution >= 0.6 is 11.6 Å². The van der Waals surface area contributed by atoms with Gasteiger partial charge in [-0.05, 0) is 6.92 Å². The fourth-order valence-corrected chi connectivity index (χ4v) is 1.60. The zero-order valence-corrected chi connectivity index (χ0v) is 9.65. The lowest BCUT2D eigenvalue weighted by Crippen LogP contribution is -2.30. The van der Waals surface area contributed by atoms with Gasteiger partial charge in [-0.1, -0.05) is 11.6 Å². The van der Waals surface area contributed by atoms with Crippen LogP contribution in [0.2, 0.25) is 5.02 Å². The molecule has 0 unspecified atom stereocenters. The van der Waals surface area contributed by atoms with E-state index in [0.29, 0.717) is 25.5 Å². The van der Waals surface area contributed by atoms with E-state index in [2.05, 4.69) is 4.98 Å². The molecule has 0 radical (unpaired) electrons. The first-order chi connectivity index (χ1) is 7.60. The lowest BCUT2D eigenvalue weighted by molar-refractivity contribution is -0.385. The highest BCUT2D eigenvalue weighted by atomic mass is 35.5. The van der Waals surface area contributed by atoms with Gasteiger partial charge in [0.25, 0.3) is 5.69 Å². The molecule has 16 heavy (non-hydrogen) atoms. The number of nitro groups is 1. The second-order valence-corrected chi connectivity index (χ2v) is 3.53. The first kappa shape index (κ1) is 12.7. The van der Waals surface area contributed by atoms with Crippen molar-refractivity contribution in [2.45, 2.75) is 6.92 Å². The van der Waals surface area contributed by atoms with Crippen LogP contribution in [0.3, 0.4) is 0 Å². The van der Waals surface area contributed by atoms with Crippen molar-refractivity contribution in [3.63, 3.8) is 0 Å². The third-order valence-electron chi connectivity index (χ3n) is 2.10. The largest absolute Gasteiger partial charge is 0.354 e. The highest BCUT2D eigenvalue weighted by Gasteiger charge is 2.14. The second kappa shape index (κ2) is 5.62. The van der Waals surface area contributed by atoms with E-state index in [-0.39, 0.29) is 10.7 Å². The monoisotopic (exact) mass is 244 g/mol. The van der Waals surface area contributed by atoms with Gasteiger partial charge >= 0.3 is 0 Å². The molecule has 0 atom stereocenters. The van der Waals surface area contributed by atoms with E-state index in [4.69, 9.17) is 17.3 Å². The van der Waals surface area contributed by atoms with Crippen LogP contribution in [0.25, 0.3) is 0 Å². The predicted octanol–water partition coefficient (Wildman–Crippen LogP) is 1.43. The first-order valence-corrected chi connectivity index (χ1v) is 5.22. The van der Waals surface area contributed by atoms with Crippen molar-refractivity contribution in [2.24, 2.45) is 5.73 Å². The SMILES string of the molecule is CCN(CCN)c1ncc([N+](=O)[O-])cc1Cl. The zero-order valence-electron chi connectivity index (χ0n) is 8.89. The zero-order chi connectivity index (χ0) is 12.1. The van der Waals surface area contributed by atoms with Gasteiger partial charge in [-0.25, -0.2) is 4.98 Å². The Hall–Kier alpha value is -1.40. The molecule has 1 rings (SSSR count). The summed E-state index contributed by atoms with van der Waals surface area (Å²) in [7, 11) is 0. The van der Waals surface area contributed by atoms with Crippen LogP contribution in [-0.2, 0) is 0 Å². The number of nitrogens with two attached hydrogens (primary N) is 1. The molecule has 2 N–H and O–H groups in total. The standard InChI is InChI=1S/C9H13ClN4O2/c1-2-13(4-3-11)9-8(10)5-7(6-12-9)14(15)16/h5-6H,2-4,11H2,1H3. The molecule has 0 fully saturated rings. The molecule has 0 amide bonds. The summed E-state index contributed by atoms with van der Waals surface area (Å²) in [6.07, 6.45) is 1.19. The Morgan fingerprint density at radius 1 is 1.69 bits per heavy atom. The predicted molar refractivity (Wildman–Crippen MR) is 62.8 cm³/mol. The maximum Gasteiger partial charge on any atom is 0.289 e. The van der Waals surface area contributed by atoms with E-state index in [0.717, 1.165) is 0 Å². The molecular weight excluding hydrogens is 232 g/mol. The second-order valence-electron chi connectivity index (χ2n) is 3.12. The number of anilines is 1. The summed E-state index contributed by atoms with van der Waals surface area (Å²) in [4.78, 5) is 15.8. The number of aromatic nitrogens is 1. The molecule has 0 aliphatic heterocycles. The fourth-order valence-electron chi connectivity index (χ4n) is 1.32. The lowest BCUT2D eigenvalue weighted by atomic mass is 10.3. The molecule has 88 valence electrons. The lowest BCUT2D eigenvalue weighted by Gasteiger charge is -2.21. The van der Waals surface area contributed by atoms with Crippen LogP contribution in [0.15, 0.2) is 12.3 Å². The average molecular weight is 245 g/mol. The topological polar surface area (TPSA) is 85.3 Å². The molecule has 0 saturated heterocycles. The van der Waals surface area contributed by atoms with Gasteiger partial charge in [-0.3, -0.25) is 10.1 Å². The van der Waals surface area contributed by atoms with Gasteiger partial charge in [0.1, 0.15) is 12.0 Å². The smallest absolute Gasteiger partial charge is 0.289 e. The van der Waals surface area contributed by atoms with Gasteiger partial charge < -0.3 is 10.6 Å². The fraction of sp³-hybridized carbons (Fsp3) is 0.444. The van der Waals surface area contributed by atoms with Gasteiger partial charge in [0.15, 0.2) is 0 Å². The van der Waals surface area contributed by atoms with E-state index >= 15 is 0 Å². The van der Waals surface area contributed by atoms with Crippen molar-refractivity contribution in [2.75, 3.05) is 24.5 Å². The third kappa shape index (κ3) is 2.80. The third-order valence-corrected chi connectivity index (χ3v) is 2.38. The molecule has 0 aliphatic carbocycles. The number of hydrogen-bond acceptors (Lipinski definition) is 5. The van der Waals surface area contributed by atoms with Gasteiger partial charge in [-0.2, -0.15) is 0 Å². The van der Waals surface area contributed by atoms with Gasteiger partial charge in [0, 0.05) is 25.7 Å². The summed E-state index contributed by atoms with van der Waals surface area (Å²) in [6, 6.07) is 1.29. The molecule has 0 spiro atoms. The molecule has 0 saturated carbocycles. The minimum Gasteiger partial charge on any atom is -0.354 e. The van der Waals surface area contributed by atoms with Crippen LogP contribution in [-0.4, -0.2) is 29.5 Å². The summed E-state index contributed by atoms with van der Waals surface area (Å²) < 4.78 is 0. The quantitative estimate of drug-likeness (QED) is 0.626. The maximum absolute atomic E-state index is 10.5. The number of halogens is 1. The Morgan fingerprint density at radius 3 is 2.81 bits per heavy atom. The molecule has 7 heteroatoms. The highest BCUT2D eigenvalue weighted by molar-refractivity contribution is 6.33. The van der Waals surface area contributed by atoms with Gasteiger partial charge in [-0.15, -0.1) is 0 Å². The van der Waals surface area contributed by atoms with E-state index in [1.807, 2.05) is 11.8 Å². The van der Waals surface area contributed by atoms with Gasteiger partial charge in [0.05, 0.1) is 9.95 Å². The van der Waals surface area contributed by atoms with Crippen molar-refractivity contribution in [3.8, 4) is 0 Å². The Balaban J connectivity index is 3.01. The minimum atomic E-state index is -0.526. The summed E-state index contributed by atoms with van der Waals surface area (Å²) >= 11 is 5.93. The molecule has 0 aliphatic rings. The maximum atomic E-state index is 10.5. The molecule has 6 nitrogen and oxygen atoms in total. The molecular formula is C9H13ClN4O2. The van der Waals surface area contributed by atoms with E-state index < -0.39 is 4.92 Å². The Kier molecular flexibility index (Phi) is 4.45. The van der Waals surface area contributed by atoms with Crippen molar-refractivity contribution < 1.29 is 4.92 Å². The van der Waals surface area contributed by atoms with Gasteiger partial charge in [0.2, 0.25) is 0 Å². The highest BCUT2D eigenvalue weighted by Crippen LogP contribution is 2.26. The van der Waals surface area contributed by atoms with Crippen molar-refractivity contribution >= 4 is 23.1 Å². The number of pyridine rings is 1. The Labute approximate surface area is 98.2 Å². The van der Waals surface area contributed by atoms with Crippen LogP contribution in [0.1, 0.15) is 6.92 Å². The molecule has 1 heterocycles. The van der Waals surface area contributed by atoms with Crippen LogP contribution < -0.4 is 10.6 Å². The number of rotatable bonds is 5. The number of nitrogens with zero attached hydrogens (tertiary/aromatic N) is 3. The minimum absolute atomic E-state index is 0.113. The van der Waals surface area contributed by atoms with Crippen LogP contribution in [0.4, 0.5) is 11.5 Å². The van der Waals surface area contributed by atoms with E-state index in [1.165, 1.54) is 12.3 Å². The van der Waals surface area contributed by atoms with E-state index in [1.54, 1.807) is 0 Å². The molecule has 1 aromatic rings.